The Hall–Kier alpha value is -1.51. The highest BCUT2D eigenvalue weighted by atomic mass is 15.3. The second-order valence-corrected chi connectivity index (χ2v) is 5.91. The summed E-state index contributed by atoms with van der Waals surface area (Å²) < 4.78 is 0. The van der Waals surface area contributed by atoms with Crippen LogP contribution in [0.15, 0.2) is 29.3 Å². The summed E-state index contributed by atoms with van der Waals surface area (Å²) >= 11 is 0. The summed E-state index contributed by atoms with van der Waals surface area (Å²) in [4.78, 5) is 6.91. The van der Waals surface area contributed by atoms with Gasteiger partial charge in [0, 0.05) is 19.0 Å². The van der Waals surface area contributed by atoms with Crippen molar-refractivity contribution in [2.45, 2.75) is 37.3 Å². The number of aliphatic imine (C=N–C) groups is 1. The number of hydrogen-bond donors (Lipinski definition) is 1. The first kappa shape index (κ1) is 10.4. The van der Waals surface area contributed by atoms with Gasteiger partial charge >= 0.3 is 0 Å². The van der Waals surface area contributed by atoms with Crippen LogP contribution in [0, 0.1) is 5.92 Å². The molecular weight excluding hydrogens is 222 g/mol. The second kappa shape index (κ2) is 3.50. The average Bonchev–Trinajstić information content (AvgIpc) is 3.28. The SMILES string of the molecule is CN(C(N)=NC1C2Cc3ccccc3C21)C1CC1. The van der Waals surface area contributed by atoms with E-state index in [9.17, 15) is 0 Å². The Labute approximate surface area is 108 Å². The third-order valence-electron chi connectivity index (χ3n) is 4.73. The molecule has 2 saturated carbocycles. The van der Waals surface area contributed by atoms with Crippen LogP contribution in [0.2, 0.25) is 0 Å². The van der Waals surface area contributed by atoms with Gasteiger partial charge in [0.15, 0.2) is 5.96 Å². The van der Waals surface area contributed by atoms with Gasteiger partial charge in [-0.25, -0.2) is 4.99 Å². The minimum Gasteiger partial charge on any atom is -0.370 e. The molecule has 3 aliphatic rings. The van der Waals surface area contributed by atoms with Gasteiger partial charge in [0.05, 0.1) is 6.04 Å². The van der Waals surface area contributed by atoms with Crippen LogP contribution in [-0.4, -0.2) is 30.0 Å². The van der Waals surface area contributed by atoms with Crippen LogP contribution in [0.5, 0.6) is 0 Å². The molecule has 3 aliphatic carbocycles. The van der Waals surface area contributed by atoms with Crippen molar-refractivity contribution in [2.24, 2.45) is 16.6 Å². The molecule has 3 nitrogen and oxygen atoms in total. The Morgan fingerprint density at radius 1 is 1.33 bits per heavy atom. The first-order chi connectivity index (χ1) is 8.75. The Bertz CT molecular complexity index is 518. The van der Waals surface area contributed by atoms with E-state index in [1.807, 2.05) is 0 Å². The zero-order chi connectivity index (χ0) is 12.3. The smallest absolute Gasteiger partial charge is 0.191 e. The van der Waals surface area contributed by atoms with Gasteiger partial charge in [-0.3, -0.25) is 0 Å². The number of guanidine groups is 1. The van der Waals surface area contributed by atoms with Gasteiger partial charge in [-0.1, -0.05) is 24.3 Å². The van der Waals surface area contributed by atoms with Gasteiger partial charge in [-0.2, -0.15) is 0 Å². The van der Waals surface area contributed by atoms with Crippen molar-refractivity contribution in [1.82, 2.24) is 4.90 Å². The first-order valence-corrected chi connectivity index (χ1v) is 6.89. The topological polar surface area (TPSA) is 41.6 Å². The first-order valence-electron chi connectivity index (χ1n) is 6.89. The fourth-order valence-electron chi connectivity index (χ4n) is 3.39. The van der Waals surface area contributed by atoms with E-state index in [0.717, 1.165) is 5.96 Å². The van der Waals surface area contributed by atoms with E-state index in [2.05, 4.69) is 36.2 Å². The predicted molar refractivity (Wildman–Crippen MR) is 72.6 cm³/mol. The van der Waals surface area contributed by atoms with E-state index in [-0.39, 0.29) is 0 Å². The van der Waals surface area contributed by atoms with E-state index in [1.54, 1.807) is 0 Å². The molecule has 0 aromatic heterocycles. The van der Waals surface area contributed by atoms with E-state index >= 15 is 0 Å². The van der Waals surface area contributed by atoms with Crippen molar-refractivity contribution in [3.05, 3.63) is 35.4 Å². The van der Waals surface area contributed by atoms with Crippen molar-refractivity contribution >= 4 is 5.96 Å². The molecule has 4 rings (SSSR count). The van der Waals surface area contributed by atoms with Crippen LogP contribution in [0.1, 0.15) is 29.9 Å². The number of nitrogens with two attached hydrogens (primary N) is 1. The number of fused-ring (bicyclic) bond motifs is 3. The molecule has 0 aliphatic heterocycles. The Morgan fingerprint density at radius 2 is 2.11 bits per heavy atom. The maximum Gasteiger partial charge on any atom is 0.191 e. The van der Waals surface area contributed by atoms with Crippen molar-refractivity contribution < 1.29 is 0 Å². The molecule has 94 valence electrons. The largest absolute Gasteiger partial charge is 0.370 e. The fraction of sp³-hybridized carbons (Fsp3) is 0.533. The minimum atomic E-state index is 0.445. The highest BCUT2D eigenvalue weighted by Crippen LogP contribution is 2.58. The van der Waals surface area contributed by atoms with Crippen molar-refractivity contribution in [1.29, 1.82) is 0 Å². The molecule has 3 unspecified atom stereocenters. The molecule has 0 radical (unpaired) electrons. The minimum absolute atomic E-state index is 0.445. The molecule has 2 N–H and O–H groups in total. The number of hydrogen-bond acceptors (Lipinski definition) is 1. The van der Waals surface area contributed by atoms with Crippen LogP contribution < -0.4 is 5.73 Å². The Balaban J connectivity index is 1.52. The van der Waals surface area contributed by atoms with Crippen LogP contribution in [0.4, 0.5) is 0 Å². The van der Waals surface area contributed by atoms with Crippen molar-refractivity contribution in [3.8, 4) is 0 Å². The molecule has 0 saturated heterocycles. The summed E-state index contributed by atoms with van der Waals surface area (Å²) in [5.41, 5.74) is 9.13. The maximum atomic E-state index is 6.10. The quantitative estimate of drug-likeness (QED) is 0.633. The van der Waals surface area contributed by atoms with Crippen molar-refractivity contribution in [2.75, 3.05) is 7.05 Å². The van der Waals surface area contributed by atoms with Gasteiger partial charge < -0.3 is 10.6 Å². The van der Waals surface area contributed by atoms with Gasteiger partial charge in [0.1, 0.15) is 0 Å². The molecule has 3 heteroatoms. The maximum absolute atomic E-state index is 6.10. The molecule has 1 aromatic rings. The van der Waals surface area contributed by atoms with Crippen LogP contribution in [0.25, 0.3) is 0 Å². The van der Waals surface area contributed by atoms with E-state index in [1.165, 1.54) is 30.4 Å². The molecule has 1 aromatic carbocycles. The molecule has 2 fully saturated rings. The molecule has 18 heavy (non-hydrogen) atoms. The lowest BCUT2D eigenvalue weighted by molar-refractivity contribution is 0.486. The lowest BCUT2D eigenvalue weighted by Crippen LogP contribution is -2.36. The molecule has 0 bridgehead atoms. The Morgan fingerprint density at radius 3 is 2.89 bits per heavy atom. The number of rotatable bonds is 2. The standard InChI is InChI=1S/C15H19N3/c1-18(10-6-7-10)15(16)17-14-12-8-9-4-2-3-5-11(9)13(12)14/h2-5,10,12-14H,6-8H2,1H3,(H2,16,17). The van der Waals surface area contributed by atoms with Gasteiger partial charge in [-0.05, 0) is 36.3 Å². The van der Waals surface area contributed by atoms with E-state index in [0.29, 0.717) is 23.9 Å². The normalized spacial score (nSPS) is 32.9. The third kappa shape index (κ3) is 1.46. The Kier molecular flexibility index (Phi) is 2.02. The van der Waals surface area contributed by atoms with Crippen LogP contribution in [0.3, 0.4) is 0 Å². The lowest BCUT2D eigenvalue weighted by Gasteiger charge is -2.17. The number of nitrogens with zero attached hydrogens (tertiary/aromatic N) is 2. The average molecular weight is 241 g/mol. The monoisotopic (exact) mass is 241 g/mol. The third-order valence-corrected chi connectivity index (χ3v) is 4.73. The van der Waals surface area contributed by atoms with Crippen LogP contribution >= 0.6 is 0 Å². The lowest BCUT2D eigenvalue weighted by atomic mass is 10.1. The van der Waals surface area contributed by atoms with Crippen LogP contribution in [-0.2, 0) is 6.42 Å². The fourth-order valence-corrected chi connectivity index (χ4v) is 3.39. The van der Waals surface area contributed by atoms with E-state index < -0.39 is 0 Å². The summed E-state index contributed by atoms with van der Waals surface area (Å²) in [7, 11) is 2.07. The highest BCUT2D eigenvalue weighted by Gasteiger charge is 2.56. The van der Waals surface area contributed by atoms with Crippen molar-refractivity contribution in [3.63, 3.8) is 0 Å². The molecule has 3 atom stereocenters. The summed E-state index contributed by atoms with van der Waals surface area (Å²) in [5, 5.41) is 0. The molecular formula is C15H19N3. The summed E-state index contributed by atoms with van der Waals surface area (Å²) in [5.74, 6) is 2.11. The molecule has 0 spiro atoms. The molecule has 0 heterocycles. The van der Waals surface area contributed by atoms with E-state index in [4.69, 9.17) is 10.7 Å². The summed E-state index contributed by atoms with van der Waals surface area (Å²) in [6.45, 7) is 0. The summed E-state index contributed by atoms with van der Waals surface area (Å²) in [6.07, 6.45) is 3.73. The predicted octanol–water partition coefficient (Wildman–Crippen LogP) is 1.73. The van der Waals surface area contributed by atoms with Gasteiger partial charge in [-0.15, -0.1) is 0 Å². The van der Waals surface area contributed by atoms with Gasteiger partial charge in [0.2, 0.25) is 0 Å². The number of benzene rings is 1. The summed E-state index contributed by atoms with van der Waals surface area (Å²) in [6, 6.07) is 9.88. The molecule has 0 amide bonds. The zero-order valence-corrected chi connectivity index (χ0v) is 10.7. The second-order valence-electron chi connectivity index (χ2n) is 5.91. The van der Waals surface area contributed by atoms with Gasteiger partial charge in [0.25, 0.3) is 0 Å². The highest BCUT2D eigenvalue weighted by molar-refractivity contribution is 5.79. The zero-order valence-electron chi connectivity index (χ0n) is 10.7.